The SMILES string of the molecule is O[C@H]1c2ccc(Cl)cc2CC[C@H]1Cl.O[C@H]1c2ccc(Cl)cc2CC[C@H]1Cl. The van der Waals surface area contributed by atoms with Crippen LogP contribution in [0.5, 0.6) is 0 Å². The lowest BCUT2D eigenvalue weighted by Crippen LogP contribution is -2.20. The van der Waals surface area contributed by atoms with Crippen LogP contribution in [0, 0.1) is 0 Å². The van der Waals surface area contributed by atoms with E-state index >= 15 is 0 Å². The fourth-order valence-electron chi connectivity index (χ4n) is 3.45. The lowest BCUT2D eigenvalue weighted by atomic mass is 9.89. The third kappa shape index (κ3) is 4.49. The molecule has 0 spiro atoms. The average molecular weight is 434 g/mol. The van der Waals surface area contributed by atoms with Gasteiger partial charge in [0.25, 0.3) is 0 Å². The molecule has 0 saturated carbocycles. The van der Waals surface area contributed by atoms with Gasteiger partial charge >= 0.3 is 0 Å². The first kappa shape index (κ1) is 20.3. The van der Waals surface area contributed by atoms with Gasteiger partial charge in [-0.15, -0.1) is 23.2 Å². The number of fused-ring (bicyclic) bond motifs is 2. The van der Waals surface area contributed by atoms with Crippen molar-refractivity contribution in [3.63, 3.8) is 0 Å². The molecule has 2 nitrogen and oxygen atoms in total. The molecule has 2 aromatic rings. The van der Waals surface area contributed by atoms with Gasteiger partial charge in [-0.25, -0.2) is 0 Å². The largest absolute Gasteiger partial charge is 0.387 e. The molecule has 0 unspecified atom stereocenters. The summed E-state index contributed by atoms with van der Waals surface area (Å²) in [6.07, 6.45) is 2.36. The molecule has 0 saturated heterocycles. The molecular weight excluding hydrogens is 414 g/mol. The van der Waals surface area contributed by atoms with Crippen LogP contribution in [0.1, 0.15) is 47.3 Å². The van der Waals surface area contributed by atoms with E-state index in [1.807, 2.05) is 24.3 Å². The van der Waals surface area contributed by atoms with Crippen molar-refractivity contribution in [1.82, 2.24) is 0 Å². The topological polar surface area (TPSA) is 40.5 Å². The molecule has 26 heavy (non-hydrogen) atoms. The number of aryl methyl sites for hydroxylation is 2. The molecule has 4 rings (SSSR count). The number of benzene rings is 2. The van der Waals surface area contributed by atoms with Crippen LogP contribution in [0.15, 0.2) is 36.4 Å². The molecule has 140 valence electrons. The zero-order valence-corrected chi connectivity index (χ0v) is 17.0. The van der Waals surface area contributed by atoms with Gasteiger partial charge in [-0.05, 0) is 72.2 Å². The summed E-state index contributed by atoms with van der Waals surface area (Å²) in [4.78, 5) is 0. The predicted molar refractivity (Wildman–Crippen MR) is 109 cm³/mol. The lowest BCUT2D eigenvalue weighted by molar-refractivity contribution is 0.160. The molecule has 2 aliphatic carbocycles. The Bertz CT molecular complexity index is 715. The maximum Gasteiger partial charge on any atom is 0.0956 e. The van der Waals surface area contributed by atoms with Crippen LogP contribution in [0.4, 0.5) is 0 Å². The number of aliphatic hydroxyl groups is 2. The summed E-state index contributed by atoms with van der Waals surface area (Å²) < 4.78 is 0. The van der Waals surface area contributed by atoms with Crippen molar-refractivity contribution >= 4 is 46.4 Å². The molecule has 0 radical (unpaired) electrons. The third-order valence-corrected chi connectivity index (χ3v) is 6.30. The highest BCUT2D eigenvalue weighted by atomic mass is 35.5. The lowest BCUT2D eigenvalue weighted by Gasteiger charge is -2.25. The second-order valence-corrected chi connectivity index (χ2v) is 8.68. The van der Waals surface area contributed by atoms with Gasteiger partial charge in [-0.1, -0.05) is 35.3 Å². The minimum absolute atomic E-state index is 0.159. The first-order valence-corrected chi connectivity index (χ1v) is 10.2. The molecule has 0 aliphatic heterocycles. The summed E-state index contributed by atoms with van der Waals surface area (Å²) in [6.45, 7) is 0. The minimum atomic E-state index is -0.539. The monoisotopic (exact) mass is 432 g/mol. The second-order valence-electron chi connectivity index (χ2n) is 6.69. The van der Waals surface area contributed by atoms with Gasteiger partial charge in [0.1, 0.15) is 0 Å². The van der Waals surface area contributed by atoms with Crippen LogP contribution in [-0.4, -0.2) is 21.0 Å². The fraction of sp³-hybridized carbons (Fsp3) is 0.400. The van der Waals surface area contributed by atoms with Crippen molar-refractivity contribution in [2.75, 3.05) is 0 Å². The molecule has 6 heteroatoms. The van der Waals surface area contributed by atoms with Crippen molar-refractivity contribution in [2.24, 2.45) is 0 Å². The molecule has 0 bridgehead atoms. The van der Waals surface area contributed by atoms with Gasteiger partial charge < -0.3 is 10.2 Å². The summed E-state index contributed by atoms with van der Waals surface area (Å²) in [5, 5.41) is 20.6. The maximum absolute atomic E-state index is 9.75. The molecule has 4 atom stereocenters. The highest BCUT2D eigenvalue weighted by Gasteiger charge is 2.26. The van der Waals surface area contributed by atoms with Gasteiger partial charge in [0, 0.05) is 10.0 Å². The van der Waals surface area contributed by atoms with Crippen molar-refractivity contribution in [1.29, 1.82) is 0 Å². The van der Waals surface area contributed by atoms with E-state index in [0.29, 0.717) is 0 Å². The number of hydrogen-bond acceptors (Lipinski definition) is 2. The first-order valence-electron chi connectivity index (χ1n) is 8.57. The minimum Gasteiger partial charge on any atom is -0.387 e. The Morgan fingerprint density at radius 3 is 1.46 bits per heavy atom. The van der Waals surface area contributed by atoms with E-state index < -0.39 is 12.2 Å². The molecule has 0 fully saturated rings. The summed E-state index contributed by atoms with van der Waals surface area (Å²) >= 11 is 23.6. The molecule has 0 amide bonds. The van der Waals surface area contributed by atoms with E-state index in [9.17, 15) is 10.2 Å². The van der Waals surface area contributed by atoms with Crippen LogP contribution in [0.3, 0.4) is 0 Å². The molecule has 0 heterocycles. The zero-order chi connectivity index (χ0) is 18.8. The standard InChI is InChI=1S/2C10H10Cl2O/c2*11-7-2-3-8-6(5-7)1-4-9(12)10(8)13/h2*2-3,5,9-10,13H,1,4H2/t2*9-,10+/m11/s1. The van der Waals surface area contributed by atoms with Crippen molar-refractivity contribution in [3.8, 4) is 0 Å². The van der Waals surface area contributed by atoms with E-state index in [0.717, 1.165) is 58.0 Å². The molecule has 2 aliphatic rings. The molecule has 2 N–H and O–H groups in total. The normalized spacial score (nSPS) is 27.0. The first-order chi connectivity index (χ1) is 12.4. The highest BCUT2D eigenvalue weighted by molar-refractivity contribution is 6.31. The van der Waals surface area contributed by atoms with E-state index in [4.69, 9.17) is 46.4 Å². The van der Waals surface area contributed by atoms with Gasteiger partial charge in [-0.3, -0.25) is 0 Å². The smallest absolute Gasteiger partial charge is 0.0956 e. The molecular formula is C20H20Cl4O2. The van der Waals surface area contributed by atoms with E-state index in [1.165, 1.54) is 0 Å². The van der Waals surface area contributed by atoms with Crippen LogP contribution in [0.25, 0.3) is 0 Å². The Hall–Kier alpha value is -0.480. The van der Waals surface area contributed by atoms with E-state index in [1.54, 1.807) is 12.1 Å². The number of alkyl halides is 2. The number of rotatable bonds is 0. The Kier molecular flexibility index (Phi) is 6.77. The Morgan fingerprint density at radius 2 is 1.08 bits per heavy atom. The van der Waals surface area contributed by atoms with Crippen molar-refractivity contribution < 1.29 is 10.2 Å². The fourth-order valence-corrected chi connectivity index (χ4v) is 4.33. The van der Waals surface area contributed by atoms with Crippen molar-refractivity contribution in [3.05, 3.63) is 68.7 Å². The third-order valence-electron chi connectivity index (χ3n) is 4.91. The van der Waals surface area contributed by atoms with E-state index in [-0.39, 0.29) is 10.8 Å². The van der Waals surface area contributed by atoms with Crippen LogP contribution >= 0.6 is 46.4 Å². The van der Waals surface area contributed by atoms with Gasteiger partial charge in [0.15, 0.2) is 0 Å². The van der Waals surface area contributed by atoms with E-state index in [2.05, 4.69) is 0 Å². The number of hydrogen-bond donors (Lipinski definition) is 2. The van der Waals surface area contributed by atoms with Gasteiger partial charge in [0.05, 0.1) is 23.0 Å². The zero-order valence-electron chi connectivity index (χ0n) is 14.0. The Morgan fingerprint density at radius 1 is 0.692 bits per heavy atom. The number of halogens is 4. The second kappa shape index (κ2) is 8.68. The Labute approximate surface area is 173 Å². The highest BCUT2D eigenvalue weighted by Crippen LogP contribution is 2.35. The maximum atomic E-state index is 9.75. The van der Waals surface area contributed by atoms with Crippen LogP contribution < -0.4 is 0 Å². The average Bonchev–Trinajstić information content (AvgIpc) is 2.62. The molecule has 0 aromatic heterocycles. The summed E-state index contributed by atoms with van der Waals surface area (Å²) in [5.41, 5.74) is 4.10. The summed E-state index contributed by atoms with van der Waals surface area (Å²) in [7, 11) is 0. The van der Waals surface area contributed by atoms with Gasteiger partial charge in [0.2, 0.25) is 0 Å². The quantitative estimate of drug-likeness (QED) is 0.511. The van der Waals surface area contributed by atoms with Gasteiger partial charge in [-0.2, -0.15) is 0 Å². The van der Waals surface area contributed by atoms with Crippen molar-refractivity contribution in [2.45, 2.75) is 48.6 Å². The number of aliphatic hydroxyl groups excluding tert-OH is 2. The molecule has 2 aromatic carbocycles. The predicted octanol–water partition coefficient (Wildman–Crippen LogP) is 5.85. The van der Waals surface area contributed by atoms with Crippen LogP contribution in [0.2, 0.25) is 10.0 Å². The Balaban J connectivity index is 0.000000151. The summed E-state index contributed by atoms with van der Waals surface area (Å²) in [5.74, 6) is 0. The van der Waals surface area contributed by atoms with Crippen LogP contribution in [-0.2, 0) is 12.8 Å². The summed E-state index contributed by atoms with van der Waals surface area (Å²) in [6, 6.07) is 11.1.